The minimum atomic E-state index is -0.221. The maximum absolute atomic E-state index is 12.1. The zero-order valence-electron chi connectivity index (χ0n) is 17.6. The van der Waals surface area contributed by atoms with Crippen molar-refractivity contribution < 1.29 is 19.1 Å². The number of methoxy groups -OCH3 is 1. The molecular weight excluding hydrogens is 382 g/mol. The number of nitrogens with one attached hydrogen (secondary N) is 1. The van der Waals surface area contributed by atoms with Crippen molar-refractivity contribution in [3.8, 4) is 11.5 Å². The summed E-state index contributed by atoms with van der Waals surface area (Å²) in [5.41, 5.74) is 1.81. The van der Waals surface area contributed by atoms with Gasteiger partial charge >= 0.3 is 0 Å². The lowest BCUT2D eigenvalue weighted by atomic mass is 10.2. The van der Waals surface area contributed by atoms with Gasteiger partial charge in [-0.05, 0) is 55.0 Å². The second kappa shape index (κ2) is 10.5. The molecule has 1 N–H and O–H groups in total. The minimum Gasteiger partial charge on any atom is -0.497 e. The number of nitrogens with zero attached hydrogens (tertiary/aromatic N) is 2. The van der Waals surface area contributed by atoms with Crippen molar-refractivity contribution in [3.05, 3.63) is 48.5 Å². The van der Waals surface area contributed by atoms with Crippen LogP contribution in [0.15, 0.2) is 48.5 Å². The van der Waals surface area contributed by atoms with Gasteiger partial charge in [0.05, 0.1) is 7.11 Å². The lowest BCUT2D eigenvalue weighted by Gasteiger charge is -2.36. The molecule has 0 atom stereocenters. The molecule has 1 aliphatic rings. The summed E-state index contributed by atoms with van der Waals surface area (Å²) in [6.07, 6.45) is 1.51. The van der Waals surface area contributed by atoms with Crippen LogP contribution in [0.4, 0.5) is 11.4 Å². The van der Waals surface area contributed by atoms with E-state index in [0.29, 0.717) is 12.2 Å². The molecule has 3 rings (SSSR count). The lowest BCUT2D eigenvalue weighted by molar-refractivity contribution is -0.131. The fraction of sp³-hybridized carbons (Fsp3) is 0.391. The first-order valence-electron chi connectivity index (χ1n) is 10.3. The Morgan fingerprint density at radius 3 is 2.17 bits per heavy atom. The van der Waals surface area contributed by atoms with Crippen LogP contribution < -0.4 is 19.7 Å². The van der Waals surface area contributed by atoms with Crippen LogP contribution in [0, 0.1) is 0 Å². The maximum Gasteiger partial charge on any atom is 0.262 e. The molecule has 1 fully saturated rings. The number of piperazine rings is 1. The van der Waals surface area contributed by atoms with Crippen LogP contribution in [-0.2, 0) is 9.59 Å². The SMILES string of the molecule is CCCC(=O)N1CCN(c2ccc(NC(=O)COc3ccc(OC)cc3)cc2)CC1. The van der Waals surface area contributed by atoms with Gasteiger partial charge < -0.3 is 24.6 Å². The van der Waals surface area contributed by atoms with Gasteiger partial charge in [-0.3, -0.25) is 9.59 Å². The largest absolute Gasteiger partial charge is 0.497 e. The van der Waals surface area contributed by atoms with Crippen molar-refractivity contribution >= 4 is 23.2 Å². The molecule has 7 nitrogen and oxygen atoms in total. The summed E-state index contributed by atoms with van der Waals surface area (Å²) >= 11 is 0. The lowest BCUT2D eigenvalue weighted by Crippen LogP contribution is -2.48. The van der Waals surface area contributed by atoms with Gasteiger partial charge in [-0.1, -0.05) is 6.92 Å². The molecule has 0 radical (unpaired) electrons. The molecular formula is C23H29N3O4. The zero-order valence-corrected chi connectivity index (χ0v) is 17.6. The van der Waals surface area contributed by atoms with Gasteiger partial charge in [-0.2, -0.15) is 0 Å². The van der Waals surface area contributed by atoms with Crippen molar-refractivity contribution in [1.29, 1.82) is 0 Å². The number of hydrogen-bond acceptors (Lipinski definition) is 5. The van der Waals surface area contributed by atoms with Crippen LogP contribution in [0.2, 0.25) is 0 Å². The number of ether oxygens (including phenoxy) is 2. The molecule has 0 aromatic heterocycles. The predicted molar refractivity (Wildman–Crippen MR) is 117 cm³/mol. The van der Waals surface area contributed by atoms with Crippen molar-refractivity contribution in [2.45, 2.75) is 19.8 Å². The molecule has 1 saturated heterocycles. The first-order valence-corrected chi connectivity index (χ1v) is 10.3. The molecule has 0 aliphatic carbocycles. The molecule has 2 amide bonds. The summed E-state index contributed by atoms with van der Waals surface area (Å²) in [4.78, 5) is 28.4. The number of hydrogen-bond donors (Lipinski definition) is 1. The molecule has 2 aromatic rings. The number of carbonyl (C=O) groups excluding carboxylic acids is 2. The Morgan fingerprint density at radius 2 is 1.57 bits per heavy atom. The Kier molecular flexibility index (Phi) is 7.54. The zero-order chi connectivity index (χ0) is 21.3. The van der Waals surface area contributed by atoms with Gasteiger partial charge in [0.2, 0.25) is 5.91 Å². The Hall–Kier alpha value is -3.22. The van der Waals surface area contributed by atoms with Gasteiger partial charge in [0.15, 0.2) is 6.61 Å². The van der Waals surface area contributed by atoms with E-state index in [2.05, 4.69) is 10.2 Å². The highest BCUT2D eigenvalue weighted by molar-refractivity contribution is 5.92. The standard InChI is InChI=1S/C23H29N3O4/c1-3-4-23(28)26-15-13-25(14-16-26)19-7-5-18(6-8-19)24-22(27)17-30-21-11-9-20(29-2)10-12-21/h5-12H,3-4,13-17H2,1-2H3,(H,24,27). The molecule has 0 bridgehead atoms. The summed E-state index contributed by atoms with van der Waals surface area (Å²) in [6, 6.07) is 14.8. The summed E-state index contributed by atoms with van der Waals surface area (Å²) in [7, 11) is 1.60. The smallest absolute Gasteiger partial charge is 0.262 e. The molecule has 0 unspecified atom stereocenters. The average Bonchev–Trinajstić information content (AvgIpc) is 2.79. The Balaban J connectivity index is 1.45. The Morgan fingerprint density at radius 1 is 0.933 bits per heavy atom. The van der Waals surface area contributed by atoms with Gasteiger partial charge in [-0.15, -0.1) is 0 Å². The fourth-order valence-electron chi connectivity index (χ4n) is 3.36. The highest BCUT2D eigenvalue weighted by atomic mass is 16.5. The van der Waals surface area contributed by atoms with Gasteiger partial charge in [-0.25, -0.2) is 0 Å². The molecule has 7 heteroatoms. The third kappa shape index (κ3) is 5.89. The number of carbonyl (C=O) groups is 2. The van der Waals surface area contributed by atoms with E-state index in [4.69, 9.17) is 9.47 Å². The van der Waals surface area contributed by atoms with Crippen molar-refractivity contribution in [2.24, 2.45) is 0 Å². The van der Waals surface area contributed by atoms with E-state index >= 15 is 0 Å². The molecule has 1 heterocycles. The molecule has 2 aromatic carbocycles. The molecule has 1 aliphatic heterocycles. The summed E-state index contributed by atoms with van der Waals surface area (Å²) < 4.78 is 10.6. The fourth-order valence-corrected chi connectivity index (χ4v) is 3.36. The van der Waals surface area contributed by atoms with E-state index in [-0.39, 0.29) is 18.4 Å². The third-order valence-electron chi connectivity index (χ3n) is 5.04. The highest BCUT2D eigenvalue weighted by Crippen LogP contribution is 2.20. The van der Waals surface area contributed by atoms with Crippen molar-refractivity contribution in [3.63, 3.8) is 0 Å². The highest BCUT2D eigenvalue weighted by Gasteiger charge is 2.20. The van der Waals surface area contributed by atoms with E-state index < -0.39 is 0 Å². The molecule has 0 spiro atoms. The quantitative estimate of drug-likeness (QED) is 0.723. The summed E-state index contributed by atoms with van der Waals surface area (Å²) in [5, 5.41) is 2.84. The topological polar surface area (TPSA) is 71.1 Å². The van der Waals surface area contributed by atoms with Gasteiger partial charge in [0.25, 0.3) is 5.91 Å². The van der Waals surface area contributed by atoms with E-state index in [1.165, 1.54) is 0 Å². The van der Waals surface area contributed by atoms with Crippen LogP contribution in [0.1, 0.15) is 19.8 Å². The third-order valence-corrected chi connectivity index (χ3v) is 5.04. The van der Waals surface area contributed by atoms with Crippen LogP contribution in [-0.4, -0.2) is 56.6 Å². The number of anilines is 2. The first-order chi connectivity index (χ1) is 14.6. The van der Waals surface area contributed by atoms with E-state index in [9.17, 15) is 9.59 Å². The van der Waals surface area contributed by atoms with E-state index in [1.807, 2.05) is 36.1 Å². The van der Waals surface area contributed by atoms with Gasteiger partial charge in [0.1, 0.15) is 11.5 Å². The predicted octanol–water partition coefficient (Wildman–Crippen LogP) is 3.16. The second-order valence-electron chi connectivity index (χ2n) is 7.18. The normalized spacial score (nSPS) is 13.7. The summed E-state index contributed by atoms with van der Waals surface area (Å²) in [5.74, 6) is 1.37. The molecule has 0 saturated carbocycles. The maximum atomic E-state index is 12.1. The Labute approximate surface area is 177 Å². The Bertz CT molecular complexity index is 829. The molecule has 160 valence electrons. The van der Waals surface area contributed by atoms with Gasteiger partial charge in [0, 0.05) is 44.0 Å². The van der Waals surface area contributed by atoms with Crippen molar-refractivity contribution in [1.82, 2.24) is 4.90 Å². The number of benzene rings is 2. The average molecular weight is 412 g/mol. The monoisotopic (exact) mass is 411 g/mol. The van der Waals surface area contributed by atoms with Crippen LogP contribution in [0.25, 0.3) is 0 Å². The van der Waals surface area contributed by atoms with Crippen molar-refractivity contribution in [2.75, 3.05) is 50.1 Å². The van der Waals surface area contributed by atoms with Crippen LogP contribution >= 0.6 is 0 Å². The van der Waals surface area contributed by atoms with Crippen LogP contribution in [0.5, 0.6) is 11.5 Å². The van der Waals surface area contributed by atoms with Crippen LogP contribution in [0.3, 0.4) is 0 Å². The molecule has 30 heavy (non-hydrogen) atoms. The summed E-state index contributed by atoms with van der Waals surface area (Å²) in [6.45, 7) is 5.09. The minimum absolute atomic E-state index is 0.0676. The number of rotatable bonds is 8. The van der Waals surface area contributed by atoms with E-state index in [1.54, 1.807) is 31.4 Å². The second-order valence-corrected chi connectivity index (χ2v) is 7.18. The first kappa shape index (κ1) is 21.5. The number of amides is 2. The van der Waals surface area contributed by atoms with E-state index in [0.717, 1.165) is 49.7 Å².